The van der Waals surface area contributed by atoms with Crippen LogP contribution in [0.15, 0.2) is 72.8 Å². The molecule has 3 aromatic carbocycles. The molecule has 5 heteroatoms. The van der Waals surface area contributed by atoms with Crippen LogP contribution in [0.1, 0.15) is 9.67 Å². The van der Waals surface area contributed by atoms with E-state index >= 15 is 0 Å². The van der Waals surface area contributed by atoms with E-state index in [2.05, 4.69) is 14.9 Å². The van der Waals surface area contributed by atoms with Crippen molar-refractivity contribution in [3.63, 3.8) is 0 Å². The van der Waals surface area contributed by atoms with Crippen LogP contribution in [0.3, 0.4) is 0 Å². The van der Waals surface area contributed by atoms with E-state index in [4.69, 9.17) is 0 Å². The van der Waals surface area contributed by atoms with E-state index in [1.165, 1.54) is 0 Å². The van der Waals surface area contributed by atoms with Crippen molar-refractivity contribution in [2.75, 3.05) is 5.32 Å². The summed E-state index contributed by atoms with van der Waals surface area (Å²) < 4.78 is 3.95. The highest BCUT2D eigenvalue weighted by atomic mass is 32.1. The molecule has 0 unspecified atom stereocenters. The molecule has 0 bridgehead atoms. The van der Waals surface area contributed by atoms with E-state index in [-0.39, 0.29) is 5.91 Å². The van der Waals surface area contributed by atoms with Gasteiger partial charge in [-0.15, -0.1) is 5.10 Å². The number of aromatic nitrogens is 2. The Labute approximate surface area is 142 Å². The monoisotopic (exact) mass is 331 g/mol. The molecule has 0 saturated carbocycles. The summed E-state index contributed by atoms with van der Waals surface area (Å²) >= 11 is 1.10. The number of carbonyl (C=O) groups excluding carboxylic acids is 1. The van der Waals surface area contributed by atoms with E-state index in [0.717, 1.165) is 33.6 Å². The molecule has 24 heavy (non-hydrogen) atoms. The molecule has 4 rings (SSSR count). The van der Waals surface area contributed by atoms with Gasteiger partial charge in [0.1, 0.15) is 10.6 Å². The van der Waals surface area contributed by atoms with Gasteiger partial charge in [0.05, 0.1) is 0 Å². The zero-order valence-corrected chi connectivity index (χ0v) is 13.5. The second kappa shape index (κ2) is 6.22. The van der Waals surface area contributed by atoms with Crippen LogP contribution in [0, 0.1) is 0 Å². The van der Waals surface area contributed by atoms with E-state index in [1.807, 2.05) is 72.8 Å². The number of benzene rings is 3. The van der Waals surface area contributed by atoms with Gasteiger partial charge in [-0.1, -0.05) is 71.2 Å². The molecule has 0 atom stereocenters. The summed E-state index contributed by atoms with van der Waals surface area (Å²) in [5.41, 5.74) is 2.28. The number of nitrogens with one attached hydrogen (secondary N) is 1. The minimum Gasteiger partial charge on any atom is -0.321 e. The molecule has 4 nitrogen and oxygen atoms in total. The van der Waals surface area contributed by atoms with Crippen molar-refractivity contribution in [3.05, 3.63) is 77.7 Å². The smallest absolute Gasteiger partial charge is 0.269 e. The summed E-state index contributed by atoms with van der Waals surface area (Å²) in [4.78, 5) is 13.2. The number of carbonyl (C=O) groups is 1. The number of fused-ring (bicyclic) bond motifs is 1. The summed E-state index contributed by atoms with van der Waals surface area (Å²) in [6.07, 6.45) is 0. The van der Waals surface area contributed by atoms with Crippen LogP contribution in [0.25, 0.3) is 22.0 Å². The standard InChI is InChI=1S/C19H13N3OS/c23-19(18-17(21-22-24-18)14-8-2-1-3-9-14)20-16-12-6-10-13-7-4-5-11-15(13)16/h1-12H,(H,20,23). The Morgan fingerprint density at radius 1 is 0.875 bits per heavy atom. The number of hydrogen-bond acceptors (Lipinski definition) is 4. The number of amides is 1. The van der Waals surface area contributed by atoms with Gasteiger partial charge in [-0.05, 0) is 23.0 Å². The summed E-state index contributed by atoms with van der Waals surface area (Å²) in [6.45, 7) is 0. The second-order valence-electron chi connectivity index (χ2n) is 5.30. The predicted molar refractivity (Wildman–Crippen MR) is 97.2 cm³/mol. The molecule has 0 spiro atoms. The maximum absolute atomic E-state index is 12.7. The maximum atomic E-state index is 12.7. The fourth-order valence-electron chi connectivity index (χ4n) is 2.64. The molecule has 0 aliphatic rings. The SMILES string of the molecule is O=C(Nc1cccc2ccccc12)c1snnc1-c1ccccc1. The average Bonchev–Trinajstić information content (AvgIpc) is 3.13. The minimum atomic E-state index is -0.194. The highest BCUT2D eigenvalue weighted by Crippen LogP contribution is 2.27. The van der Waals surface area contributed by atoms with Gasteiger partial charge in [-0.25, -0.2) is 0 Å². The van der Waals surface area contributed by atoms with Crippen LogP contribution in [-0.4, -0.2) is 15.5 Å². The van der Waals surface area contributed by atoms with E-state index in [9.17, 15) is 4.79 Å². The van der Waals surface area contributed by atoms with Crippen LogP contribution in [0.5, 0.6) is 0 Å². The first-order chi connectivity index (χ1) is 11.8. The van der Waals surface area contributed by atoms with Gasteiger partial charge in [0, 0.05) is 16.6 Å². The van der Waals surface area contributed by atoms with Crippen molar-refractivity contribution in [1.29, 1.82) is 0 Å². The fraction of sp³-hybridized carbons (Fsp3) is 0. The highest BCUT2D eigenvalue weighted by molar-refractivity contribution is 7.08. The average molecular weight is 331 g/mol. The molecule has 1 N–H and O–H groups in total. The molecular formula is C19H13N3OS. The van der Waals surface area contributed by atoms with Crippen molar-refractivity contribution >= 4 is 33.9 Å². The van der Waals surface area contributed by atoms with Crippen molar-refractivity contribution in [2.45, 2.75) is 0 Å². The third kappa shape index (κ3) is 2.66. The van der Waals surface area contributed by atoms with Crippen LogP contribution in [-0.2, 0) is 0 Å². The zero-order chi connectivity index (χ0) is 16.4. The molecule has 1 amide bonds. The highest BCUT2D eigenvalue weighted by Gasteiger charge is 2.18. The molecule has 0 saturated heterocycles. The molecule has 1 heterocycles. The Morgan fingerprint density at radius 3 is 2.50 bits per heavy atom. The van der Waals surface area contributed by atoms with Gasteiger partial charge in [-0.3, -0.25) is 4.79 Å². The lowest BCUT2D eigenvalue weighted by Gasteiger charge is -2.08. The van der Waals surface area contributed by atoms with Crippen LogP contribution in [0.2, 0.25) is 0 Å². The molecular weight excluding hydrogens is 318 g/mol. The summed E-state index contributed by atoms with van der Waals surface area (Å²) in [7, 11) is 0. The van der Waals surface area contributed by atoms with Crippen LogP contribution >= 0.6 is 11.5 Å². The summed E-state index contributed by atoms with van der Waals surface area (Å²) in [5.74, 6) is -0.194. The third-order valence-electron chi connectivity index (χ3n) is 3.78. The normalized spacial score (nSPS) is 10.7. The van der Waals surface area contributed by atoms with Crippen molar-refractivity contribution in [1.82, 2.24) is 9.59 Å². The van der Waals surface area contributed by atoms with Gasteiger partial charge in [0.2, 0.25) is 0 Å². The fourth-order valence-corrected chi connectivity index (χ4v) is 3.22. The largest absolute Gasteiger partial charge is 0.321 e. The first-order valence-corrected chi connectivity index (χ1v) is 8.27. The number of rotatable bonds is 3. The van der Waals surface area contributed by atoms with Crippen molar-refractivity contribution < 1.29 is 4.79 Å². The van der Waals surface area contributed by atoms with E-state index < -0.39 is 0 Å². The quantitative estimate of drug-likeness (QED) is 0.596. The minimum absolute atomic E-state index is 0.194. The first-order valence-electron chi connectivity index (χ1n) is 7.50. The number of hydrogen-bond donors (Lipinski definition) is 1. The molecule has 0 fully saturated rings. The van der Waals surface area contributed by atoms with Gasteiger partial charge >= 0.3 is 0 Å². The third-order valence-corrected chi connectivity index (χ3v) is 4.50. The maximum Gasteiger partial charge on any atom is 0.269 e. The number of nitrogens with zero attached hydrogens (tertiary/aromatic N) is 2. The molecule has 0 aliphatic heterocycles. The Morgan fingerprint density at radius 2 is 1.62 bits per heavy atom. The first kappa shape index (κ1) is 14.5. The van der Waals surface area contributed by atoms with Crippen LogP contribution < -0.4 is 5.32 Å². The molecule has 0 aliphatic carbocycles. The second-order valence-corrected chi connectivity index (χ2v) is 6.05. The Balaban J connectivity index is 1.70. The lowest BCUT2D eigenvalue weighted by molar-refractivity contribution is 0.103. The number of anilines is 1. The van der Waals surface area contributed by atoms with Gasteiger partial charge < -0.3 is 5.32 Å². The van der Waals surface area contributed by atoms with E-state index in [1.54, 1.807) is 0 Å². The van der Waals surface area contributed by atoms with Crippen LogP contribution in [0.4, 0.5) is 5.69 Å². The lowest BCUT2D eigenvalue weighted by atomic mass is 10.1. The predicted octanol–water partition coefficient (Wildman–Crippen LogP) is 4.61. The zero-order valence-electron chi connectivity index (χ0n) is 12.6. The molecule has 4 aromatic rings. The molecule has 0 radical (unpaired) electrons. The van der Waals surface area contributed by atoms with E-state index in [0.29, 0.717) is 10.6 Å². The summed E-state index contributed by atoms with van der Waals surface area (Å²) in [5, 5.41) is 9.20. The Kier molecular flexibility index (Phi) is 3.76. The van der Waals surface area contributed by atoms with Gasteiger partial charge in [0.25, 0.3) is 5.91 Å². The molecule has 116 valence electrons. The Bertz CT molecular complexity index is 1010. The van der Waals surface area contributed by atoms with Gasteiger partial charge in [0.15, 0.2) is 0 Å². The lowest BCUT2D eigenvalue weighted by Crippen LogP contribution is -2.11. The summed E-state index contributed by atoms with van der Waals surface area (Å²) in [6, 6.07) is 23.4. The Hall–Kier alpha value is -3.05. The van der Waals surface area contributed by atoms with Crippen molar-refractivity contribution in [2.24, 2.45) is 0 Å². The van der Waals surface area contributed by atoms with Crippen molar-refractivity contribution in [3.8, 4) is 11.3 Å². The van der Waals surface area contributed by atoms with Gasteiger partial charge in [-0.2, -0.15) is 0 Å². The topological polar surface area (TPSA) is 54.9 Å². The molecule has 1 aromatic heterocycles.